The molecule has 0 spiro atoms. The van der Waals surface area contributed by atoms with Gasteiger partial charge in [0.25, 0.3) is 0 Å². The van der Waals surface area contributed by atoms with Gasteiger partial charge in [-0.1, -0.05) is 20.8 Å². The third kappa shape index (κ3) is 3.08. The molecule has 0 aliphatic heterocycles. The fourth-order valence-corrected chi connectivity index (χ4v) is 2.09. The summed E-state index contributed by atoms with van der Waals surface area (Å²) in [6.07, 6.45) is 1.04. The van der Waals surface area contributed by atoms with Crippen LogP contribution in [0, 0.1) is 12.3 Å². The maximum absolute atomic E-state index is 4.49. The molecule has 0 fully saturated rings. The van der Waals surface area contributed by atoms with Crippen molar-refractivity contribution in [1.29, 1.82) is 0 Å². The van der Waals surface area contributed by atoms with Crippen LogP contribution in [-0.2, 0) is 13.0 Å². The first-order valence-electron chi connectivity index (χ1n) is 6.09. The van der Waals surface area contributed by atoms with Crippen LogP contribution in [0.15, 0.2) is 6.07 Å². The number of aryl methyl sites for hydroxylation is 2. The normalized spacial score (nSPS) is 14.1. The highest BCUT2D eigenvalue weighted by atomic mass is 15.3. The third-order valence-electron chi connectivity index (χ3n) is 3.09. The molecule has 0 saturated heterocycles. The lowest BCUT2D eigenvalue weighted by molar-refractivity contribution is 0.275. The van der Waals surface area contributed by atoms with Crippen molar-refractivity contribution in [2.45, 2.75) is 53.6 Å². The second kappa shape index (κ2) is 5.00. The zero-order chi connectivity index (χ0) is 12.3. The minimum atomic E-state index is 0.269. The molecule has 3 nitrogen and oxygen atoms in total. The molecule has 0 amide bonds. The smallest absolute Gasteiger partial charge is 0.0596 e. The number of likely N-dealkylation sites (N-methyl/N-ethyl adjacent to an activating group) is 1. The zero-order valence-corrected chi connectivity index (χ0v) is 11.5. The van der Waals surface area contributed by atoms with Gasteiger partial charge in [0.1, 0.15) is 0 Å². The summed E-state index contributed by atoms with van der Waals surface area (Å²) >= 11 is 0. The first-order valence-corrected chi connectivity index (χ1v) is 6.09. The molecule has 1 heterocycles. The summed E-state index contributed by atoms with van der Waals surface area (Å²) in [5.41, 5.74) is 2.71. The van der Waals surface area contributed by atoms with Gasteiger partial charge >= 0.3 is 0 Å². The van der Waals surface area contributed by atoms with Gasteiger partial charge in [-0.05, 0) is 32.4 Å². The minimum absolute atomic E-state index is 0.269. The third-order valence-corrected chi connectivity index (χ3v) is 3.09. The van der Waals surface area contributed by atoms with Crippen LogP contribution >= 0.6 is 0 Å². The van der Waals surface area contributed by atoms with E-state index in [2.05, 4.69) is 55.8 Å². The van der Waals surface area contributed by atoms with Gasteiger partial charge in [-0.15, -0.1) is 0 Å². The van der Waals surface area contributed by atoms with Gasteiger partial charge in [-0.25, -0.2) is 0 Å². The molecule has 1 aromatic rings. The second-order valence-electron chi connectivity index (χ2n) is 5.50. The molecule has 16 heavy (non-hydrogen) atoms. The Kier molecular flexibility index (Phi) is 4.14. The van der Waals surface area contributed by atoms with Crippen molar-refractivity contribution in [2.24, 2.45) is 5.41 Å². The SMILES string of the molecule is CCn1nc(C)cc1CC(NC)C(C)(C)C. The van der Waals surface area contributed by atoms with Crippen LogP contribution in [0.5, 0.6) is 0 Å². The Balaban J connectivity index is 2.85. The molecular weight excluding hydrogens is 198 g/mol. The van der Waals surface area contributed by atoms with E-state index in [1.165, 1.54) is 5.69 Å². The molecule has 1 N–H and O–H groups in total. The average molecular weight is 223 g/mol. The van der Waals surface area contributed by atoms with E-state index in [0.29, 0.717) is 6.04 Å². The Labute approximate surface area is 99.2 Å². The first kappa shape index (κ1) is 13.2. The van der Waals surface area contributed by atoms with Crippen LogP contribution in [0.3, 0.4) is 0 Å². The molecule has 0 radical (unpaired) electrons. The Morgan fingerprint density at radius 3 is 2.50 bits per heavy atom. The van der Waals surface area contributed by atoms with E-state index in [1.54, 1.807) is 0 Å². The maximum Gasteiger partial charge on any atom is 0.0596 e. The molecule has 1 atom stereocenters. The molecule has 3 heteroatoms. The van der Waals surface area contributed by atoms with Gasteiger partial charge in [0.05, 0.1) is 5.69 Å². The highest BCUT2D eigenvalue weighted by molar-refractivity contribution is 5.11. The van der Waals surface area contributed by atoms with Crippen molar-refractivity contribution >= 4 is 0 Å². The van der Waals surface area contributed by atoms with Gasteiger partial charge in [0.2, 0.25) is 0 Å². The van der Waals surface area contributed by atoms with E-state index < -0.39 is 0 Å². The Morgan fingerprint density at radius 2 is 2.06 bits per heavy atom. The number of hydrogen-bond donors (Lipinski definition) is 1. The number of rotatable bonds is 4. The highest BCUT2D eigenvalue weighted by Crippen LogP contribution is 2.22. The van der Waals surface area contributed by atoms with Crippen LogP contribution in [0.1, 0.15) is 39.1 Å². The molecule has 0 saturated carbocycles. The Morgan fingerprint density at radius 1 is 1.44 bits per heavy atom. The summed E-state index contributed by atoms with van der Waals surface area (Å²) in [5.74, 6) is 0. The molecule has 1 rings (SSSR count). The van der Waals surface area contributed by atoms with Crippen LogP contribution in [0.4, 0.5) is 0 Å². The summed E-state index contributed by atoms with van der Waals surface area (Å²) < 4.78 is 2.10. The van der Waals surface area contributed by atoms with Crippen LogP contribution < -0.4 is 5.32 Å². The quantitative estimate of drug-likeness (QED) is 0.849. The maximum atomic E-state index is 4.49. The topological polar surface area (TPSA) is 29.9 Å². The molecule has 0 aromatic carbocycles. The van der Waals surface area contributed by atoms with Crippen molar-refractivity contribution in [3.05, 3.63) is 17.5 Å². The molecule has 0 aliphatic carbocycles. The van der Waals surface area contributed by atoms with E-state index in [4.69, 9.17) is 0 Å². The number of nitrogens with one attached hydrogen (secondary N) is 1. The van der Waals surface area contributed by atoms with Crippen molar-refractivity contribution in [2.75, 3.05) is 7.05 Å². The number of nitrogens with zero attached hydrogens (tertiary/aromatic N) is 2. The number of hydrogen-bond acceptors (Lipinski definition) is 2. The van der Waals surface area contributed by atoms with E-state index in [1.807, 2.05) is 7.05 Å². The van der Waals surface area contributed by atoms with Crippen molar-refractivity contribution < 1.29 is 0 Å². The van der Waals surface area contributed by atoms with Crippen LogP contribution in [0.25, 0.3) is 0 Å². The summed E-state index contributed by atoms with van der Waals surface area (Å²) in [5, 5.41) is 7.90. The molecule has 1 aromatic heterocycles. The van der Waals surface area contributed by atoms with Gasteiger partial charge < -0.3 is 5.32 Å². The standard InChI is InChI=1S/C13H25N3/c1-7-16-11(8-10(2)15-16)9-12(14-6)13(3,4)5/h8,12,14H,7,9H2,1-6H3. The summed E-state index contributed by atoms with van der Waals surface area (Å²) in [4.78, 5) is 0. The summed E-state index contributed by atoms with van der Waals surface area (Å²) in [7, 11) is 2.04. The van der Waals surface area contributed by atoms with Crippen molar-refractivity contribution in [3.63, 3.8) is 0 Å². The minimum Gasteiger partial charge on any atom is -0.316 e. The monoisotopic (exact) mass is 223 g/mol. The van der Waals surface area contributed by atoms with Crippen LogP contribution in [0.2, 0.25) is 0 Å². The van der Waals surface area contributed by atoms with Gasteiger partial charge in [0.15, 0.2) is 0 Å². The molecular formula is C13H25N3. The van der Waals surface area contributed by atoms with Crippen molar-refractivity contribution in [3.8, 4) is 0 Å². The van der Waals surface area contributed by atoms with E-state index in [0.717, 1.165) is 18.7 Å². The largest absolute Gasteiger partial charge is 0.316 e. The first-order chi connectivity index (χ1) is 7.38. The lowest BCUT2D eigenvalue weighted by Gasteiger charge is -2.30. The summed E-state index contributed by atoms with van der Waals surface area (Å²) in [6, 6.07) is 2.67. The molecule has 1 unspecified atom stereocenters. The molecule has 92 valence electrons. The fraction of sp³-hybridized carbons (Fsp3) is 0.769. The lowest BCUT2D eigenvalue weighted by Crippen LogP contribution is -2.40. The second-order valence-corrected chi connectivity index (χ2v) is 5.50. The molecule has 0 bridgehead atoms. The van der Waals surface area contributed by atoms with Crippen molar-refractivity contribution in [1.82, 2.24) is 15.1 Å². The van der Waals surface area contributed by atoms with Gasteiger partial charge in [-0.2, -0.15) is 5.10 Å². The molecule has 0 aliphatic rings. The predicted octanol–water partition coefficient (Wildman–Crippen LogP) is 2.39. The van der Waals surface area contributed by atoms with Gasteiger partial charge in [0, 0.05) is 24.7 Å². The number of aromatic nitrogens is 2. The predicted molar refractivity (Wildman–Crippen MR) is 68.6 cm³/mol. The van der Waals surface area contributed by atoms with Crippen LogP contribution in [-0.4, -0.2) is 22.9 Å². The zero-order valence-electron chi connectivity index (χ0n) is 11.5. The Bertz CT molecular complexity index is 333. The lowest BCUT2D eigenvalue weighted by atomic mass is 9.84. The van der Waals surface area contributed by atoms with E-state index >= 15 is 0 Å². The fourth-order valence-electron chi connectivity index (χ4n) is 2.09. The average Bonchev–Trinajstić information content (AvgIpc) is 2.53. The van der Waals surface area contributed by atoms with E-state index in [-0.39, 0.29) is 5.41 Å². The highest BCUT2D eigenvalue weighted by Gasteiger charge is 2.24. The summed E-state index contributed by atoms with van der Waals surface area (Å²) in [6.45, 7) is 12.0. The van der Waals surface area contributed by atoms with Gasteiger partial charge in [-0.3, -0.25) is 4.68 Å². The Hall–Kier alpha value is -0.830. The van der Waals surface area contributed by atoms with E-state index in [9.17, 15) is 0 Å².